The van der Waals surface area contributed by atoms with Gasteiger partial charge in [0.05, 0.1) is 4.92 Å². The van der Waals surface area contributed by atoms with E-state index in [9.17, 15) is 14.9 Å². The molecule has 0 atom stereocenters. The van der Waals surface area contributed by atoms with Gasteiger partial charge >= 0.3 is 0 Å². The highest BCUT2D eigenvalue weighted by molar-refractivity contribution is 14.1. The highest BCUT2D eigenvalue weighted by Crippen LogP contribution is 2.26. The molecule has 2 aromatic carbocycles. The van der Waals surface area contributed by atoms with Crippen LogP contribution in [0.1, 0.15) is 15.9 Å². The molecule has 0 aromatic heterocycles. The summed E-state index contributed by atoms with van der Waals surface area (Å²) in [5, 5.41) is 11.0. The van der Waals surface area contributed by atoms with E-state index in [4.69, 9.17) is 0 Å². The summed E-state index contributed by atoms with van der Waals surface area (Å²) in [5.74, 6) is -0.327. The Balaban J connectivity index is 2.58. The number of benzene rings is 2. The Labute approximate surface area is 117 Å². The number of carbonyl (C=O) groups excluding carboxylic acids is 1. The van der Waals surface area contributed by atoms with Crippen molar-refractivity contribution in [3.8, 4) is 0 Å². The molecule has 0 aliphatic heterocycles. The van der Waals surface area contributed by atoms with Crippen molar-refractivity contribution >= 4 is 34.1 Å². The first kappa shape index (κ1) is 12.7. The first-order valence-corrected chi connectivity index (χ1v) is 6.22. The number of nitrogens with zero attached hydrogens (tertiary/aromatic N) is 1. The van der Waals surface area contributed by atoms with Crippen LogP contribution in [0.25, 0.3) is 0 Å². The number of halogens is 1. The molecule has 0 fully saturated rings. The quantitative estimate of drug-likeness (QED) is 0.368. The van der Waals surface area contributed by atoms with Crippen LogP contribution in [0.3, 0.4) is 0 Å². The molecule has 18 heavy (non-hydrogen) atoms. The normalized spacial score (nSPS) is 10.1. The predicted molar refractivity (Wildman–Crippen MR) is 75.7 cm³/mol. The monoisotopic (exact) mass is 353 g/mol. The van der Waals surface area contributed by atoms with E-state index in [2.05, 4.69) is 0 Å². The Kier molecular flexibility index (Phi) is 3.71. The first-order chi connectivity index (χ1) is 8.61. The highest BCUT2D eigenvalue weighted by Gasteiger charge is 2.23. The number of hydrogen-bond donors (Lipinski definition) is 0. The van der Waals surface area contributed by atoms with Gasteiger partial charge in [-0.25, -0.2) is 0 Å². The van der Waals surface area contributed by atoms with E-state index in [1.54, 1.807) is 42.5 Å². The summed E-state index contributed by atoms with van der Waals surface area (Å²) in [7, 11) is 0. The van der Waals surface area contributed by atoms with Crippen molar-refractivity contribution in [3.63, 3.8) is 0 Å². The zero-order valence-corrected chi connectivity index (χ0v) is 11.3. The molecule has 0 radical (unpaired) electrons. The van der Waals surface area contributed by atoms with Gasteiger partial charge in [-0.15, -0.1) is 0 Å². The van der Waals surface area contributed by atoms with Crippen LogP contribution in [-0.4, -0.2) is 10.7 Å². The van der Waals surface area contributed by atoms with Crippen LogP contribution in [0, 0.1) is 13.7 Å². The van der Waals surface area contributed by atoms with E-state index in [0.29, 0.717) is 9.13 Å². The minimum absolute atomic E-state index is 0.148. The second-order valence-electron chi connectivity index (χ2n) is 3.59. The smallest absolute Gasteiger partial charge is 0.281 e. The molecule has 0 bridgehead atoms. The summed E-state index contributed by atoms with van der Waals surface area (Å²) in [5.41, 5.74) is 0.440. The van der Waals surface area contributed by atoms with Crippen molar-refractivity contribution in [1.29, 1.82) is 0 Å². The maximum absolute atomic E-state index is 12.3. The van der Waals surface area contributed by atoms with Crippen molar-refractivity contribution in [2.75, 3.05) is 0 Å². The van der Waals surface area contributed by atoms with E-state index < -0.39 is 4.92 Å². The minimum atomic E-state index is -0.529. The van der Waals surface area contributed by atoms with Crippen LogP contribution < -0.4 is 0 Å². The average Bonchev–Trinajstić information content (AvgIpc) is 2.38. The van der Waals surface area contributed by atoms with Crippen molar-refractivity contribution in [2.45, 2.75) is 0 Å². The lowest BCUT2D eigenvalue weighted by molar-refractivity contribution is -0.385. The molecule has 5 heteroatoms. The molecule has 2 aromatic rings. The number of nitro groups is 1. The van der Waals surface area contributed by atoms with Crippen LogP contribution in [-0.2, 0) is 0 Å². The number of rotatable bonds is 3. The third-order valence-electron chi connectivity index (χ3n) is 2.45. The topological polar surface area (TPSA) is 60.2 Å². The maximum atomic E-state index is 12.3. The fourth-order valence-corrected chi connectivity index (χ4v) is 2.35. The number of nitro benzene ring substituents is 1. The molecule has 0 spiro atoms. The van der Waals surface area contributed by atoms with E-state index in [1.807, 2.05) is 22.6 Å². The van der Waals surface area contributed by atoms with Crippen LogP contribution in [0.15, 0.2) is 48.5 Å². The lowest BCUT2D eigenvalue weighted by Crippen LogP contribution is -2.07. The zero-order valence-electron chi connectivity index (χ0n) is 9.17. The molecule has 4 nitrogen and oxygen atoms in total. The Hall–Kier alpha value is -1.76. The van der Waals surface area contributed by atoms with Gasteiger partial charge in [-0.05, 0) is 28.7 Å². The van der Waals surface area contributed by atoms with Gasteiger partial charge in [-0.1, -0.05) is 36.4 Å². The van der Waals surface area contributed by atoms with E-state index in [0.717, 1.165) is 0 Å². The lowest BCUT2D eigenvalue weighted by atomic mass is 10.0. The summed E-state index contributed by atoms with van der Waals surface area (Å²) in [6.07, 6.45) is 0. The molecule has 0 saturated heterocycles. The maximum Gasteiger partial charge on any atom is 0.281 e. The van der Waals surface area contributed by atoms with Gasteiger partial charge in [0.1, 0.15) is 5.56 Å². The zero-order chi connectivity index (χ0) is 13.1. The summed E-state index contributed by atoms with van der Waals surface area (Å²) in [4.78, 5) is 22.7. The van der Waals surface area contributed by atoms with Crippen molar-refractivity contribution in [3.05, 3.63) is 73.3 Å². The average molecular weight is 353 g/mol. The Morgan fingerprint density at radius 3 is 2.33 bits per heavy atom. The summed E-state index contributed by atoms with van der Waals surface area (Å²) in [6.45, 7) is 0. The van der Waals surface area contributed by atoms with Gasteiger partial charge < -0.3 is 0 Å². The largest absolute Gasteiger partial charge is 0.288 e. The molecular weight excluding hydrogens is 345 g/mol. The van der Waals surface area contributed by atoms with E-state index >= 15 is 0 Å². The second kappa shape index (κ2) is 5.26. The van der Waals surface area contributed by atoms with Gasteiger partial charge in [-0.2, -0.15) is 0 Å². The molecule has 90 valence electrons. The Morgan fingerprint density at radius 2 is 1.72 bits per heavy atom. The van der Waals surface area contributed by atoms with Crippen LogP contribution in [0.2, 0.25) is 0 Å². The molecule has 0 amide bonds. The van der Waals surface area contributed by atoms with Crippen molar-refractivity contribution in [1.82, 2.24) is 0 Å². The van der Waals surface area contributed by atoms with E-state index in [-0.39, 0.29) is 17.0 Å². The van der Waals surface area contributed by atoms with Crippen molar-refractivity contribution < 1.29 is 9.72 Å². The second-order valence-corrected chi connectivity index (χ2v) is 4.75. The van der Waals surface area contributed by atoms with Crippen LogP contribution in [0.4, 0.5) is 5.69 Å². The third kappa shape index (κ3) is 2.40. The van der Waals surface area contributed by atoms with Crippen LogP contribution in [0.5, 0.6) is 0 Å². The van der Waals surface area contributed by atoms with Crippen molar-refractivity contribution in [2.24, 2.45) is 0 Å². The third-order valence-corrected chi connectivity index (χ3v) is 3.35. The van der Waals surface area contributed by atoms with Crippen LogP contribution >= 0.6 is 22.6 Å². The Bertz CT molecular complexity index is 611. The first-order valence-electron chi connectivity index (χ1n) is 5.14. The number of ketones is 1. The van der Waals surface area contributed by atoms with Gasteiger partial charge in [0.25, 0.3) is 5.69 Å². The molecule has 0 heterocycles. The molecule has 2 rings (SSSR count). The molecular formula is C13H8INO3. The fraction of sp³-hybridized carbons (Fsp3) is 0. The molecule has 0 aliphatic rings. The van der Waals surface area contributed by atoms with Gasteiger partial charge in [0, 0.05) is 15.2 Å². The molecule has 0 N–H and O–H groups in total. The summed E-state index contributed by atoms with van der Waals surface area (Å²) >= 11 is 1.94. The molecule has 0 saturated carbocycles. The number of hydrogen-bond acceptors (Lipinski definition) is 3. The Morgan fingerprint density at radius 1 is 1.06 bits per heavy atom. The highest BCUT2D eigenvalue weighted by atomic mass is 127. The standard InChI is InChI=1S/C13H8INO3/c14-10-7-4-8-11(15(17)18)12(10)13(16)9-5-2-1-3-6-9/h1-8H. The van der Waals surface area contributed by atoms with Gasteiger partial charge in [0.15, 0.2) is 0 Å². The number of carbonyl (C=O) groups is 1. The lowest BCUT2D eigenvalue weighted by Gasteiger charge is -2.04. The van der Waals surface area contributed by atoms with Gasteiger partial charge in [-0.3, -0.25) is 14.9 Å². The predicted octanol–water partition coefficient (Wildman–Crippen LogP) is 3.43. The minimum Gasteiger partial charge on any atom is -0.288 e. The molecule has 0 unspecified atom stereocenters. The summed E-state index contributed by atoms with van der Waals surface area (Å²) in [6, 6.07) is 13.2. The molecule has 0 aliphatic carbocycles. The van der Waals surface area contributed by atoms with Gasteiger partial charge in [0.2, 0.25) is 5.78 Å². The fourth-order valence-electron chi connectivity index (χ4n) is 1.62. The SMILES string of the molecule is O=C(c1ccccc1)c1c(I)cccc1[N+](=O)[O-]. The summed E-state index contributed by atoms with van der Waals surface area (Å²) < 4.78 is 0.579. The van der Waals surface area contributed by atoms with E-state index in [1.165, 1.54) is 6.07 Å².